The van der Waals surface area contributed by atoms with Crippen molar-refractivity contribution in [3.8, 4) is 0 Å². The topological polar surface area (TPSA) is 16.7 Å². The van der Waals surface area contributed by atoms with Gasteiger partial charge < -0.3 is 0 Å². The van der Waals surface area contributed by atoms with Gasteiger partial charge in [0.1, 0.15) is 0 Å². The van der Waals surface area contributed by atoms with E-state index in [0.29, 0.717) is 11.4 Å². The molecule has 2 nitrogen and oxygen atoms in total. The molecule has 1 aromatic rings. The third kappa shape index (κ3) is 2.54. The Labute approximate surface area is 80.3 Å². The predicted molar refractivity (Wildman–Crippen MR) is 51.5 cm³/mol. The fourth-order valence-corrected chi connectivity index (χ4v) is 0.894. The Hall–Kier alpha value is -1.04. The van der Waals surface area contributed by atoms with Crippen LogP contribution < -0.4 is 0 Å². The van der Waals surface area contributed by atoms with E-state index in [1.54, 1.807) is 24.3 Å². The molecule has 0 radical (unpaired) electrons. The summed E-state index contributed by atoms with van der Waals surface area (Å²) in [7, 11) is 0. The van der Waals surface area contributed by atoms with Gasteiger partial charge >= 0.3 is 0 Å². The Bertz CT molecular complexity index is 331. The second-order valence-electron chi connectivity index (χ2n) is 1.98. The number of hydrogen-bond acceptors (Lipinski definition) is 1. The first-order valence-electron chi connectivity index (χ1n) is 3.09. The van der Waals surface area contributed by atoms with E-state index in [-0.39, 0.29) is 4.63 Å². The Balaban J connectivity index is 2.95. The zero-order valence-electron chi connectivity index (χ0n) is 5.96. The summed E-state index contributed by atoms with van der Waals surface area (Å²) in [4.78, 5) is 7.01. The Morgan fingerprint density at radius 2 is 1.83 bits per heavy atom. The molecule has 4 heteroatoms. The molecule has 1 aromatic carbocycles. The standard InChI is InChI=1S/C8H4Cl2N2/c1-11-6-2-4-7(5-3-6)12-8(9)10/h2-5H. The molecule has 0 fully saturated rings. The maximum Gasteiger partial charge on any atom is 0.197 e. The van der Waals surface area contributed by atoms with Crippen LogP contribution in [0, 0.1) is 6.57 Å². The zero-order chi connectivity index (χ0) is 8.97. The second kappa shape index (κ2) is 4.10. The van der Waals surface area contributed by atoms with E-state index in [9.17, 15) is 0 Å². The van der Waals surface area contributed by atoms with Crippen molar-refractivity contribution in [3.05, 3.63) is 35.7 Å². The second-order valence-corrected chi connectivity index (χ2v) is 2.89. The summed E-state index contributed by atoms with van der Waals surface area (Å²) in [6, 6.07) is 6.67. The lowest BCUT2D eigenvalue weighted by atomic mass is 10.3. The number of benzene rings is 1. The summed E-state index contributed by atoms with van der Waals surface area (Å²) < 4.78 is -0.0365. The normalized spacial score (nSPS) is 8.75. The molecule has 0 aliphatic rings. The molecule has 0 amide bonds. The maximum absolute atomic E-state index is 6.69. The smallest absolute Gasteiger partial charge is 0.197 e. The number of aliphatic imine (C=N–C) groups is 1. The molecule has 0 aliphatic carbocycles. The van der Waals surface area contributed by atoms with Crippen LogP contribution in [0.15, 0.2) is 29.3 Å². The van der Waals surface area contributed by atoms with E-state index in [1.807, 2.05) is 0 Å². The van der Waals surface area contributed by atoms with Gasteiger partial charge in [-0.2, -0.15) is 0 Å². The molecule has 12 heavy (non-hydrogen) atoms. The first-order valence-corrected chi connectivity index (χ1v) is 3.85. The van der Waals surface area contributed by atoms with Crippen LogP contribution in [-0.2, 0) is 0 Å². The summed E-state index contributed by atoms with van der Waals surface area (Å²) in [6.45, 7) is 6.69. The molecule has 0 saturated carbocycles. The van der Waals surface area contributed by atoms with Gasteiger partial charge in [0, 0.05) is 0 Å². The van der Waals surface area contributed by atoms with Gasteiger partial charge in [-0.05, 0) is 35.3 Å². The Morgan fingerprint density at radius 3 is 2.25 bits per heavy atom. The predicted octanol–water partition coefficient (Wildman–Crippen LogP) is 3.70. The lowest BCUT2D eigenvalue weighted by molar-refractivity contribution is 1.55. The molecule has 0 unspecified atom stereocenters. The van der Waals surface area contributed by atoms with Crippen molar-refractivity contribution in [2.24, 2.45) is 4.99 Å². The highest BCUT2D eigenvalue weighted by Crippen LogP contribution is 2.19. The Kier molecular flexibility index (Phi) is 3.09. The van der Waals surface area contributed by atoms with E-state index in [0.717, 1.165) is 0 Å². The highest BCUT2D eigenvalue weighted by Gasteiger charge is 1.91. The van der Waals surface area contributed by atoms with Gasteiger partial charge in [0.15, 0.2) is 10.3 Å². The molecule has 0 heterocycles. The number of rotatable bonds is 1. The van der Waals surface area contributed by atoms with Crippen molar-refractivity contribution in [3.63, 3.8) is 0 Å². The first kappa shape index (κ1) is 9.05. The van der Waals surface area contributed by atoms with Crippen LogP contribution in [0.5, 0.6) is 0 Å². The average Bonchev–Trinajstić information content (AvgIpc) is 2.05. The lowest BCUT2D eigenvalue weighted by Gasteiger charge is -1.91. The molecule has 0 aromatic heterocycles. The third-order valence-electron chi connectivity index (χ3n) is 1.19. The van der Waals surface area contributed by atoms with Crippen molar-refractivity contribution >= 4 is 39.2 Å². The monoisotopic (exact) mass is 198 g/mol. The van der Waals surface area contributed by atoms with Gasteiger partial charge in [-0.1, -0.05) is 12.1 Å². The van der Waals surface area contributed by atoms with Crippen LogP contribution in [-0.4, -0.2) is 4.63 Å². The third-order valence-corrected chi connectivity index (χ3v) is 1.36. The minimum atomic E-state index is -0.0365. The summed E-state index contributed by atoms with van der Waals surface area (Å²) in [5.74, 6) is 0. The molecule has 0 N–H and O–H groups in total. The highest BCUT2D eigenvalue weighted by molar-refractivity contribution is 6.95. The van der Waals surface area contributed by atoms with E-state index in [1.165, 1.54) is 0 Å². The van der Waals surface area contributed by atoms with Crippen LogP contribution >= 0.6 is 23.2 Å². The molecule has 0 saturated heterocycles. The summed E-state index contributed by atoms with van der Waals surface area (Å²) in [5, 5.41) is 0. The van der Waals surface area contributed by atoms with Gasteiger partial charge in [-0.15, -0.1) is 0 Å². The Morgan fingerprint density at radius 1 is 1.25 bits per heavy atom. The van der Waals surface area contributed by atoms with Crippen LogP contribution in [0.4, 0.5) is 11.4 Å². The van der Waals surface area contributed by atoms with Crippen LogP contribution in [0.3, 0.4) is 0 Å². The van der Waals surface area contributed by atoms with Crippen molar-refractivity contribution in [1.29, 1.82) is 0 Å². The first-order chi connectivity index (χ1) is 5.72. The van der Waals surface area contributed by atoms with Crippen molar-refractivity contribution in [2.45, 2.75) is 0 Å². The van der Waals surface area contributed by atoms with E-state index in [2.05, 4.69) is 9.84 Å². The quantitative estimate of drug-likeness (QED) is 0.484. The van der Waals surface area contributed by atoms with Crippen molar-refractivity contribution in [2.75, 3.05) is 0 Å². The fourth-order valence-electron chi connectivity index (χ4n) is 0.699. The summed E-state index contributed by atoms with van der Waals surface area (Å²) >= 11 is 10.7. The number of hydrogen-bond donors (Lipinski definition) is 0. The van der Waals surface area contributed by atoms with Crippen LogP contribution in [0.1, 0.15) is 0 Å². The van der Waals surface area contributed by atoms with Crippen molar-refractivity contribution in [1.82, 2.24) is 0 Å². The van der Waals surface area contributed by atoms with Gasteiger partial charge in [-0.25, -0.2) is 9.84 Å². The molecular weight excluding hydrogens is 195 g/mol. The van der Waals surface area contributed by atoms with Crippen molar-refractivity contribution < 1.29 is 0 Å². The van der Waals surface area contributed by atoms with Gasteiger partial charge in [0.25, 0.3) is 0 Å². The molecular formula is C8H4Cl2N2. The minimum absolute atomic E-state index is 0.0365. The molecule has 0 bridgehead atoms. The molecule has 0 atom stereocenters. The number of halogens is 2. The highest BCUT2D eigenvalue weighted by atomic mass is 35.5. The van der Waals surface area contributed by atoms with Gasteiger partial charge in [0.2, 0.25) is 0 Å². The zero-order valence-corrected chi connectivity index (χ0v) is 7.47. The van der Waals surface area contributed by atoms with Gasteiger partial charge in [-0.3, -0.25) is 0 Å². The van der Waals surface area contributed by atoms with Crippen LogP contribution in [0.25, 0.3) is 4.85 Å². The maximum atomic E-state index is 6.69. The fraction of sp³-hybridized carbons (Fsp3) is 0. The lowest BCUT2D eigenvalue weighted by Crippen LogP contribution is -1.68. The molecule has 60 valence electrons. The van der Waals surface area contributed by atoms with Crippen LogP contribution in [0.2, 0.25) is 0 Å². The number of nitrogens with zero attached hydrogens (tertiary/aromatic N) is 2. The summed E-state index contributed by atoms with van der Waals surface area (Å²) in [6.07, 6.45) is 0. The largest absolute Gasteiger partial charge is 0.238 e. The van der Waals surface area contributed by atoms with E-state index >= 15 is 0 Å². The van der Waals surface area contributed by atoms with Gasteiger partial charge in [0.05, 0.1) is 12.3 Å². The van der Waals surface area contributed by atoms with E-state index in [4.69, 9.17) is 29.8 Å². The summed E-state index contributed by atoms with van der Waals surface area (Å²) in [5.41, 5.74) is 1.21. The average molecular weight is 199 g/mol. The molecule has 0 spiro atoms. The van der Waals surface area contributed by atoms with E-state index < -0.39 is 0 Å². The minimum Gasteiger partial charge on any atom is -0.238 e. The molecule has 1 rings (SSSR count). The molecule has 0 aliphatic heterocycles. The SMILES string of the molecule is [C-]#[N+]c1ccc(N=C(Cl)Cl)cc1.